The number of hydrogen-bond donors (Lipinski definition) is 0. The summed E-state index contributed by atoms with van der Waals surface area (Å²) in [6.45, 7) is 13.0. The normalized spacial score (nSPS) is 25.2. The van der Waals surface area contributed by atoms with Crippen molar-refractivity contribution >= 4 is 12.2 Å². The van der Waals surface area contributed by atoms with Gasteiger partial charge in [-0.3, -0.25) is 0 Å². The fourth-order valence-electron chi connectivity index (χ4n) is 2.98. The zero-order valence-electron chi connectivity index (χ0n) is 14.5. The van der Waals surface area contributed by atoms with Gasteiger partial charge >= 0.3 is 12.2 Å². The van der Waals surface area contributed by atoms with Crippen LogP contribution in [0.3, 0.4) is 0 Å². The molecule has 126 valence electrons. The maximum absolute atomic E-state index is 12.3. The molecule has 6 nitrogen and oxygen atoms in total. The van der Waals surface area contributed by atoms with E-state index in [0.29, 0.717) is 25.6 Å². The zero-order valence-corrected chi connectivity index (χ0v) is 14.5. The minimum Gasteiger partial charge on any atom is -0.444 e. The summed E-state index contributed by atoms with van der Waals surface area (Å²) < 4.78 is 10.9. The summed E-state index contributed by atoms with van der Waals surface area (Å²) in [5.74, 6) is 0.319. The molecular weight excluding hydrogens is 284 g/mol. The molecule has 0 N–H and O–H groups in total. The summed E-state index contributed by atoms with van der Waals surface area (Å²) in [5, 5.41) is 0. The van der Waals surface area contributed by atoms with Gasteiger partial charge in [-0.1, -0.05) is 0 Å². The van der Waals surface area contributed by atoms with E-state index in [9.17, 15) is 9.59 Å². The Morgan fingerprint density at radius 3 is 2.00 bits per heavy atom. The second kappa shape index (κ2) is 5.63. The molecule has 6 heteroatoms. The lowest BCUT2D eigenvalue weighted by Crippen LogP contribution is -2.43. The number of carbonyl (C=O) groups is 2. The van der Waals surface area contributed by atoms with E-state index in [2.05, 4.69) is 0 Å². The fourth-order valence-corrected chi connectivity index (χ4v) is 2.98. The maximum Gasteiger partial charge on any atom is 0.410 e. The molecule has 22 heavy (non-hydrogen) atoms. The van der Waals surface area contributed by atoms with E-state index >= 15 is 0 Å². The van der Waals surface area contributed by atoms with Crippen molar-refractivity contribution in [2.75, 3.05) is 19.6 Å². The van der Waals surface area contributed by atoms with Crippen LogP contribution < -0.4 is 0 Å². The molecule has 0 aromatic carbocycles. The Kier molecular flexibility index (Phi) is 4.33. The smallest absolute Gasteiger partial charge is 0.410 e. The Hall–Kier alpha value is -1.46. The van der Waals surface area contributed by atoms with Gasteiger partial charge in [-0.05, 0) is 48.0 Å². The topological polar surface area (TPSA) is 59.1 Å². The van der Waals surface area contributed by atoms with Crippen LogP contribution in [0.2, 0.25) is 0 Å². The van der Waals surface area contributed by atoms with E-state index in [0.717, 1.165) is 6.42 Å². The van der Waals surface area contributed by atoms with Crippen molar-refractivity contribution in [3.63, 3.8) is 0 Å². The van der Waals surface area contributed by atoms with Crippen molar-refractivity contribution in [1.29, 1.82) is 0 Å². The highest BCUT2D eigenvalue weighted by atomic mass is 16.6. The van der Waals surface area contributed by atoms with Crippen molar-refractivity contribution in [2.45, 2.75) is 65.2 Å². The van der Waals surface area contributed by atoms with Gasteiger partial charge in [-0.2, -0.15) is 0 Å². The summed E-state index contributed by atoms with van der Waals surface area (Å²) in [4.78, 5) is 27.9. The number of carbonyl (C=O) groups excluding carboxylic acids is 2. The van der Waals surface area contributed by atoms with Crippen LogP contribution in [-0.4, -0.2) is 58.9 Å². The number of amides is 2. The molecule has 0 aromatic heterocycles. The molecule has 0 bridgehead atoms. The van der Waals surface area contributed by atoms with Crippen molar-refractivity contribution in [2.24, 2.45) is 5.92 Å². The summed E-state index contributed by atoms with van der Waals surface area (Å²) in [7, 11) is 0. The van der Waals surface area contributed by atoms with E-state index < -0.39 is 11.2 Å². The zero-order chi connectivity index (χ0) is 16.7. The van der Waals surface area contributed by atoms with Crippen LogP contribution in [0.25, 0.3) is 0 Å². The van der Waals surface area contributed by atoms with Crippen molar-refractivity contribution < 1.29 is 19.1 Å². The van der Waals surface area contributed by atoms with Crippen LogP contribution >= 0.6 is 0 Å². The van der Waals surface area contributed by atoms with Gasteiger partial charge in [0, 0.05) is 25.6 Å². The van der Waals surface area contributed by atoms with Gasteiger partial charge < -0.3 is 19.3 Å². The Bertz CT molecular complexity index is 450. The third kappa shape index (κ3) is 4.05. The van der Waals surface area contributed by atoms with Crippen LogP contribution in [0.15, 0.2) is 0 Å². The van der Waals surface area contributed by atoms with Crippen molar-refractivity contribution in [3.8, 4) is 0 Å². The highest BCUT2D eigenvalue weighted by molar-refractivity contribution is 5.71. The molecule has 0 saturated carbocycles. The average molecular weight is 312 g/mol. The van der Waals surface area contributed by atoms with Crippen molar-refractivity contribution in [1.82, 2.24) is 9.80 Å². The second-order valence-electron chi connectivity index (χ2n) is 8.18. The predicted molar refractivity (Wildman–Crippen MR) is 82.6 cm³/mol. The van der Waals surface area contributed by atoms with Gasteiger partial charge in [0.15, 0.2) is 0 Å². The second-order valence-corrected chi connectivity index (χ2v) is 8.18. The van der Waals surface area contributed by atoms with E-state index in [-0.39, 0.29) is 18.2 Å². The van der Waals surface area contributed by atoms with E-state index in [4.69, 9.17) is 9.47 Å². The molecule has 0 aliphatic carbocycles. The molecule has 0 aromatic rings. The monoisotopic (exact) mass is 312 g/mol. The van der Waals surface area contributed by atoms with Crippen LogP contribution in [0.5, 0.6) is 0 Å². The lowest BCUT2D eigenvalue weighted by atomic mass is 10.1. The molecule has 2 aliphatic heterocycles. The van der Waals surface area contributed by atoms with E-state index in [1.165, 1.54) is 0 Å². The van der Waals surface area contributed by atoms with Gasteiger partial charge in [-0.15, -0.1) is 0 Å². The van der Waals surface area contributed by atoms with Crippen LogP contribution in [0.1, 0.15) is 48.0 Å². The number of hydrogen-bond acceptors (Lipinski definition) is 4. The lowest BCUT2D eigenvalue weighted by Gasteiger charge is -2.29. The Morgan fingerprint density at radius 2 is 1.45 bits per heavy atom. The van der Waals surface area contributed by atoms with Crippen LogP contribution in [-0.2, 0) is 9.47 Å². The first-order valence-electron chi connectivity index (χ1n) is 7.94. The van der Waals surface area contributed by atoms with Crippen LogP contribution in [0.4, 0.5) is 9.59 Å². The SMILES string of the molecule is CC(C)(C)OC(=O)N1C[C@H]2CCN(C(=O)OC(C)(C)C)[C@H]2C1. The van der Waals surface area contributed by atoms with E-state index in [1.807, 2.05) is 41.5 Å². The molecule has 0 spiro atoms. The Labute approximate surface area is 132 Å². The minimum atomic E-state index is -0.501. The molecule has 0 radical (unpaired) electrons. The molecule has 2 fully saturated rings. The van der Waals surface area contributed by atoms with Gasteiger partial charge in [-0.25, -0.2) is 9.59 Å². The standard InChI is InChI=1S/C16H28N2O4/c1-15(2,3)21-13(19)17-9-11-7-8-18(12(11)10-17)14(20)22-16(4,5)6/h11-12H,7-10H2,1-6H3/t11-,12+/m1/s1. The van der Waals surface area contributed by atoms with Crippen LogP contribution in [0, 0.1) is 5.92 Å². The summed E-state index contributed by atoms with van der Waals surface area (Å²) >= 11 is 0. The first kappa shape index (κ1) is 16.9. The summed E-state index contributed by atoms with van der Waals surface area (Å²) in [6, 6.07) is 0.0439. The number of likely N-dealkylation sites (tertiary alicyclic amines) is 2. The summed E-state index contributed by atoms with van der Waals surface area (Å²) in [6.07, 6.45) is 0.320. The number of fused-ring (bicyclic) bond motifs is 1. The molecule has 2 saturated heterocycles. The molecule has 2 aliphatic rings. The lowest BCUT2D eigenvalue weighted by molar-refractivity contribution is 0.0165. The third-order valence-corrected chi connectivity index (χ3v) is 3.83. The van der Waals surface area contributed by atoms with Gasteiger partial charge in [0.2, 0.25) is 0 Å². The minimum absolute atomic E-state index is 0.0439. The number of nitrogens with zero attached hydrogens (tertiary/aromatic N) is 2. The highest BCUT2D eigenvalue weighted by Crippen LogP contribution is 2.33. The van der Waals surface area contributed by atoms with E-state index in [1.54, 1.807) is 9.80 Å². The van der Waals surface area contributed by atoms with Gasteiger partial charge in [0.1, 0.15) is 11.2 Å². The Morgan fingerprint density at radius 1 is 0.909 bits per heavy atom. The molecule has 2 atom stereocenters. The third-order valence-electron chi connectivity index (χ3n) is 3.83. The predicted octanol–water partition coefficient (Wildman–Crippen LogP) is 2.86. The first-order valence-corrected chi connectivity index (χ1v) is 7.94. The maximum atomic E-state index is 12.3. The quantitative estimate of drug-likeness (QED) is 0.690. The fraction of sp³-hybridized carbons (Fsp3) is 0.875. The molecular formula is C16H28N2O4. The molecule has 2 rings (SSSR count). The highest BCUT2D eigenvalue weighted by Gasteiger charge is 2.46. The molecule has 2 heterocycles. The summed E-state index contributed by atoms with van der Waals surface area (Å²) in [5.41, 5.74) is -1.00. The molecule has 0 unspecified atom stereocenters. The average Bonchev–Trinajstić information content (AvgIpc) is 2.81. The Balaban J connectivity index is 1.96. The number of ether oxygens (including phenoxy) is 2. The largest absolute Gasteiger partial charge is 0.444 e. The number of rotatable bonds is 0. The molecule has 2 amide bonds. The van der Waals surface area contributed by atoms with Crippen molar-refractivity contribution in [3.05, 3.63) is 0 Å². The first-order chi connectivity index (χ1) is 9.96. The van der Waals surface area contributed by atoms with Gasteiger partial charge in [0.25, 0.3) is 0 Å². The van der Waals surface area contributed by atoms with Gasteiger partial charge in [0.05, 0.1) is 6.04 Å².